The zero-order valence-electron chi connectivity index (χ0n) is 16.0. The number of carbonyl (C=O) groups excluding carboxylic acids is 1. The SMILES string of the molecule is O=C(NC1CC2(CCN(c3ncccn3)CC2)c2ccccc21)[C@H]1CCCO1. The van der Waals surface area contributed by atoms with Gasteiger partial charge in [0.2, 0.25) is 11.9 Å². The van der Waals surface area contributed by atoms with Gasteiger partial charge in [-0.05, 0) is 49.3 Å². The van der Waals surface area contributed by atoms with E-state index in [2.05, 4.69) is 44.5 Å². The van der Waals surface area contributed by atoms with Gasteiger partial charge in [0.15, 0.2) is 0 Å². The second-order valence-electron chi connectivity index (χ2n) is 8.17. The van der Waals surface area contributed by atoms with Gasteiger partial charge in [-0.2, -0.15) is 0 Å². The average molecular weight is 378 g/mol. The van der Waals surface area contributed by atoms with Gasteiger partial charge in [0.1, 0.15) is 6.10 Å². The minimum Gasteiger partial charge on any atom is -0.368 e. The average Bonchev–Trinajstić information content (AvgIpc) is 3.38. The molecule has 1 aliphatic carbocycles. The van der Waals surface area contributed by atoms with E-state index < -0.39 is 0 Å². The normalized spacial score (nSPS) is 25.6. The van der Waals surface area contributed by atoms with E-state index in [0.29, 0.717) is 6.61 Å². The number of amides is 1. The Bertz CT molecular complexity index is 843. The quantitative estimate of drug-likeness (QED) is 0.890. The molecule has 2 aliphatic heterocycles. The Morgan fingerprint density at radius 3 is 2.68 bits per heavy atom. The number of nitrogens with one attached hydrogen (secondary N) is 1. The first-order valence-corrected chi connectivity index (χ1v) is 10.3. The summed E-state index contributed by atoms with van der Waals surface area (Å²) in [4.78, 5) is 23.7. The first-order valence-electron chi connectivity index (χ1n) is 10.3. The highest BCUT2D eigenvalue weighted by atomic mass is 16.5. The number of ether oxygens (including phenoxy) is 1. The molecule has 2 atom stereocenters. The molecular weight excluding hydrogens is 352 g/mol. The molecule has 0 radical (unpaired) electrons. The Balaban J connectivity index is 1.34. The predicted octanol–water partition coefficient (Wildman–Crippen LogP) is 2.75. The predicted molar refractivity (Wildman–Crippen MR) is 106 cm³/mol. The highest BCUT2D eigenvalue weighted by molar-refractivity contribution is 5.81. The van der Waals surface area contributed by atoms with Crippen LogP contribution in [0.4, 0.5) is 5.95 Å². The molecule has 0 saturated carbocycles. The maximum atomic E-state index is 12.7. The molecule has 2 fully saturated rings. The third kappa shape index (κ3) is 3.05. The zero-order chi connectivity index (χ0) is 19.0. The molecule has 1 amide bonds. The van der Waals surface area contributed by atoms with Crippen LogP contribution in [0.2, 0.25) is 0 Å². The van der Waals surface area contributed by atoms with Gasteiger partial charge in [-0.25, -0.2) is 9.97 Å². The van der Waals surface area contributed by atoms with Crippen molar-refractivity contribution in [2.45, 2.75) is 49.7 Å². The van der Waals surface area contributed by atoms with E-state index in [0.717, 1.165) is 51.1 Å². The zero-order valence-corrected chi connectivity index (χ0v) is 16.0. The van der Waals surface area contributed by atoms with Crippen LogP contribution in [0.25, 0.3) is 0 Å². The number of aromatic nitrogens is 2. The topological polar surface area (TPSA) is 67.4 Å². The van der Waals surface area contributed by atoms with Crippen molar-refractivity contribution < 1.29 is 9.53 Å². The van der Waals surface area contributed by atoms with Gasteiger partial charge in [-0.15, -0.1) is 0 Å². The molecule has 146 valence electrons. The lowest BCUT2D eigenvalue weighted by atomic mass is 9.73. The van der Waals surface area contributed by atoms with E-state index in [1.807, 2.05) is 6.07 Å². The van der Waals surface area contributed by atoms with Crippen molar-refractivity contribution in [1.82, 2.24) is 15.3 Å². The summed E-state index contributed by atoms with van der Waals surface area (Å²) in [6, 6.07) is 10.6. The van der Waals surface area contributed by atoms with E-state index in [-0.39, 0.29) is 23.5 Å². The molecule has 3 heterocycles. The maximum Gasteiger partial charge on any atom is 0.249 e. The molecule has 5 rings (SSSR count). The van der Waals surface area contributed by atoms with E-state index in [1.165, 1.54) is 11.1 Å². The number of carbonyl (C=O) groups is 1. The van der Waals surface area contributed by atoms with Crippen LogP contribution in [0.1, 0.15) is 49.3 Å². The molecule has 2 aromatic rings. The molecule has 2 saturated heterocycles. The van der Waals surface area contributed by atoms with Crippen LogP contribution in [0.3, 0.4) is 0 Å². The minimum absolute atomic E-state index is 0.0458. The lowest BCUT2D eigenvalue weighted by Crippen LogP contribution is -2.43. The monoisotopic (exact) mass is 378 g/mol. The lowest BCUT2D eigenvalue weighted by molar-refractivity contribution is -0.130. The van der Waals surface area contributed by atoms with Crippen molar-refractivity contribution >= 4 is 11.9 Å². The molecule has 1 spiro atoms. The van der Waals surface area contributed by atoms with E-state index in [4.69, 9.17) is 4.74 Å². The third-order valence-corrected chi connectivity index (χ3v) is 6.60. The first-order chi connectivity index (χ1) is 13.8. The van der Waals surface area contributed by atoms with Crippen LogP contribution in [0, 0.1) is 0 Å². The van der Waals surface area contributed by atoms with Crippen LogP contribution in [-0.4, -0.2) is 41.7 Å². The molecule has 1 aromatic heterocycles. The van der Waals surface area contributed by atoms with Crippen LogP contribution in [-0.2, 0) is 14.9 Å². The van der Waals surface area contributed by atoms with Gasteiger partial charge in [0.25, 0.3) is 0 Å². The Morgan fingerprint density at radius 2 is 1.93 bits per heavy atom. The van der Waals surface area contributed by atoms with Crippen LogP contribution < -0.4 is 10.2 Å². The van der Waals surface area contributed by atoms with Gasteiger partial charge in [-0.3, -0.25) is 4.79 Å². The summed E-state index contributed by atoms with van der Waals surface area (Å²) in [6.45, 7) is 2.57. The molecule has 1 aromatic carbocycles. The summed E-state index contributed by atoms with van der Waals surface area (Å²) < 4.78 is 5.58. The van der Waals surface area contributed by atoms with Crippen LogP contribution in [0.5, 0.6) is 0 Å². The number of hydrogen-bond acceptors (Lipinski definition) is 5. The highest BCUT2D eigenvalue weighted by Gasteiger charge is 2.46. The lowest BCUT2D eigenvalue weighted by Gasteiger charge is -2.40. The number of piperidine rings is 1. The van der Waals surface area contributed by atoms with Gasteiger partial charge in [-0.1, -0.05) is 24.3 Å². The largest absolute Gasteiger partial charge is 0.368 e. The van der Waals surface area contributed by atoms with Gasteiger partial charge in [0, 0.05) is 37.5 Å². The van der Waals surface area contributed by atoms with Gasteiger partial charge < -0.3 is 15.0 Å². The minimum atomic E-state index is -0.277. The number of anilines is 1. The molecule has 3 aliphatic rings. The summed E-state index contributed by atoms with van der Waals surface area (Å²) in [5, 5.41) is 3.29. The van der Waals surface area contributed by atoms with Crippen LogP contribution in [0.15, 0.2) is 42.7 Å². The second kappa shape index (κ2) is 7.17. The summed E-state index contributed by atoms with van der Waals surface area (Å²) in [5.41, 5.74) is 2.80. The standard InChI is InChI=1S/C22H26N4O2/c27-20(19-7-3-14-28-19)25-18-15-22(17-6-2-1-5-16(17)18)8-12-26(13-9-22)21-23-10-4-11-24-21/h1-2,4-6,10-11,18-19H,3,7-9,12-15H2,(H,25,27)/t18?,19-/m1/s1. The van der Waals surface area contributed by atoms with Crippen LogP contribution >= 0.6 is 0 Å². The fourth-order valence-corrected chi connectivity index (χ4v) is 5.14. The summed E-state index contributed by atoms with van der Waals surface area (Å²) in [7, 11) is 0. The van der Waals surface area contributed by atoms with Crippen molar-refractivity contribution in [2.75, 3.05) is 24.6 Å². The van der Waals surface area contributed by atoms with E-state index in [1.54, 1.807) is 12.4 Å². The van der Waals surface area contributed by atoms with E-state index in [9.17, 15) is 4.79 Å². The summed E-state index contributed by atoms with van der Waals surface area (Å²) >= 11 is 0. The Kier molecular flexibility index (Phi) is 4.51. The maximum absolute atomic E-state index is 12.7. The third-order valence-electron chi connectivity index (χ3n) is 6.60. The molecule has 1 N–H and O–H groups in total. The Hall–Kier alpha value is -2.47. The Morgan fingerprint density at radius 1 is 1.14 bits per heavy atom. The summed E-state index contributed by atoms with van der Waals surface area (Å²) in [5.74, 6) is 0.858. The molecule has 1 unspecified atom stereocenters. The smallest absolute Gasteiger partial charge is 0.249 e. The molecule has 6 nitrogen and oxygen atoms in total. The number of hydrogen-bond donors (Lipinski definition) is 1. The molecule has 6 heteroatoms. The fourth-order valence-electron chi connectivity index (χ4n) is 5.14. The van der Waals surface area contributed by atoms with Crippen molar-refractivity contribution in [3.05, 3.63) is 53.9 Å². The first kappa shape index (κ1) is 17.6. The second-order valence-corrected chi connectivity index (χ2v) is 8.17. The summed E-state index contributed by atoms with van der Waals surface area (Å²) in [6.07, 6.45) is 8.19. The number of benzene rings is 1. The molecule has 0 bridgehead atoms. The number of nitrogens with zero attached hydrogens (tertiary/aromatic N) is 3. The van der Waals surface area contributed by atoms with Crippen molar-refractivity contribution in [1.29, 1.82) is 0 Å². The van der Waals surface area contributed by atoms with Crippen molar-refractivity contribution in [2.24, 2.45) is 0 Å². The Labute approximate surface area is 165 Å². The molecular formula is C22H26N4O2. The van der Waals surface area contributed by atoms with Gasteiger partial charge >= 0.3 is 0 Å². The van der Waals surface area contributed by atoms with Gasteiger partial charge in [0.05, 0.1) is 6.04 Å². The number of fused-ring (bicyclic) bond motifs is 2. The fraction of sp³-hybridized carbons (Fsp3) is 0.500. The van der Waals surface area contributed by atoms with Crippen molar-refractivity contribution in [3.8, 4) is 0 Å². The highest BCUT2D eigenvalue weighted by Crippen LogP contribution is 2.50. The number of rotatable bonds is 3. The van der Waals surface area contributed by atoms with Crippen molar-refractivity contribution in [3.63, 3.8) is 0 Å². The molecule has 28 heavy (non-hydrogen) atoms. The van der Waals surface area contributed by atoms with E-state index >= 15 is 0 Å².